The first-order valence-corrected chi connectivity index (χ1v) is 17.8. The van der Waals surface area contributed by atoms with Crippen LogP contribution in [0.25, 0.3) is 0 Å². The molecule has 1 aliphatic heterocycles. The maximum absolute atomic E-state index is 14.4. The van der Waals surface area contributed by atoms with Crippen LogP contribution in [0.1, 0.15) is 40.7 Å². The second-order valence-corrected chi connectivity index (χ2v) is 15.0. The molecule has 10 nitrogen and oxygen atoms in total. The summed E-state index contributed by atoms with van der Waals surface area (Å²) in [5, 5.41) is 5.91. The molecular weight excluding hydrogens is 734 g/mol. The van der Waals surface area contributed by atoms with Gasteiger partial charge in [-0.15, -0.1) is 0 Å². The minimum absolute atomic E-state index is 0.00259. The number of carbonyl (C=O) groups is 3. The number of esters is 1. The van der Waals surface area contributed by atoms with Gasteiger partial charge in [0.25, 0.3) is 5.91 Å². The summed E-state index contributed by atoms with van der Waals surface area (Å²) < 4.78 is 34.4. The summed E-state index contributed by atoms with van der Waals surface area (Å²) in [6, 6.07) is 18.4. The van der Waals surface area contributed by atoms with E-state index in [2.05, 4.69) is 15.6 Å². The largest absolute Gasteiger partial charge is 0.467 e. The highest BCUT2D eigenvalue weighted by molar-refractivity contribution is 7.89. The van der Waals surface area contributed by atoms with Gasteiger partial charge in [-0.05, 0) is 54.8 Å². The number of hydrogen-bond acceptors (Lipinski definition) is 7. The van der Waals surface area contributed by atoms with E-state index in [1.165, 1.54) is 37.7 Å². The van der Waals surface area contributed by atoms with Crippen molar-refractivity contribution in [2.24, 2.45) is 0 Å². The van der Waals surface area contributed by atoms with Gasteiger partial charge in [0.1, 0.15) is 11.6 Å². The van der Waals surface area contributed by atoms with Crippen molar-refractivity contribution >= 4 is 79.9 Å². The van der Waals surface area contributed by atoms with E-state index in [1.54, 1.807) is 31.2 Å². The van der Waals surface area contributed by atoms with Crippen LogP contribution in [-0.4, -0.2) is 60.7 Å². The number of aromatic nitrogens is 1. The number of anilines is 1. The van der Waals surface area contributed by atoms with Crippen molar-refractivity contribution in [2.45, 2.75) is 42.2 Å². The smallest absolute Gasteiger partial charge is 0.328 e. The standard InChI is InChI=1S/C34H30Cl4N4O6S/c1-34(26(21-6-4-3-5-7-21)12-13-42(34)49(46,47)25-16-22(35)15-23(36)17-25)33(45)41-29(32(44)48-2)14-20-8-10-24(11-9-20)40-31(43)30-27(37)18-39-19-28(30)38/h3-11,15-19,26,29H,12-14H2,1-2H3,(H,40,43)(H,41,45)/t26-,29-,34+/m0/s1. The Morgan fingerprint density at radius 1 is 0.959 bits per heavy atom. The maximum atomic E-state index is 14.4. The molecule has 1 fully saturated rings. The molecule has 49 heavy (non-hydrogen) atoms. The number of pyridine rings is 1. The summed E-state index contributed by atoms with van der Waals surface area (Å²) in [5.74, 6) is -2.54. The lowest BCUT2D eigenvalue weighted by molar-refractivity contribution is -0.146. The number of sulfonamides is 1. The molecule has 3 aromatic carbocycles. The third kappa shape index (κ3) is 7.72. The third-order valence-electron chi connectivity index (χ3n) is 8.43. The number of rotatable bonds is 10. The summed E-state index contributed by atoms with van der Waals surface area (Å²) in [5.41, 5.74) is 0.179. The van der Waals surface area contributed by atoms with Gasteiger partial charge in [0.15, 0.2) is 0 Å². The Morgan fingerprint density at radius 2 is 1.57 bits per heavy atom. The molecular formula is C34H30Cl4N4O6S. The van der Waals surface area contributed by atoms with Crippen molar-refractivity contribution in [3.05, 3.63) is 122 Å². The highest BCUT2D eigenvalue weighted by atomic mass is 35.5. The molecule has 4 aromatic rings. The van der Waals surface area contributed by atoms with Gasteiger partial charge in [0.05, 0.1) is 27.6 Å². The molecule has 0 aliphatic carbocycles. The van der Waals surface area contributed by atoms with E-state index >= 15 is 0 Å². The third-order valence-corrected chi connectivity index (χ3v) is 11.4. The number of carbonyl (C=O) groups excluding carboxylic acids is 3. The second kappa shape index (κ2) is 15.0. The molecule has 3 atom stereocenters. The zero-order chi connectivity index (χ0) is 35.5. The average Bonchev–Trinajstić information content (AvgIpc) is 3.43. The predicted molar refractivity (Wildman–Crippen MR) is 189 cm³/mol. The normalized spacial score (nSPS) is 18.4. The number of nitrogens with one attached hydrogen (secondary N) is 2. The van der Waals surface area contributed by atoms with Gasteiger partial charge >= 0.3 is 5.97 Å². The van der Waals surface area contributed by atoms with Crippen LogP contribution in [0.3, 0.4) is 0 Å². The minimum Gasteiger partial charge on any atom is -0.467 e. The Hall–Kier alpha value is -3.71. The van der Waals surface area contributed by atoms with Crippen LogP contribution >= 0.6 is 46.4 Å². The fourth-order valence-corrected chi connectivity index (χ4v) is 9.03. The van der Waals surface area contributed by atoms with Crippen molar-refractivity contribution in [3.8, 4) is 0 Å². The van der Waals surface area contributed by atoms with E-state index in [1.807, 2.05) is 30.3 Å². The molecule has 0 saturated carbocycles. The van der Waals surface area contributed by atoms with Crippen molar-refractivity contribution in [2.75, 3.05) is 19.0 Å². The fraction of sp³-hybridized carbons (Fsp3) is 0.235. The van der Waals surface area contributed by atoms with E-state index in [0.717, 1.165) is 9.87 Å². The Labute approximate surface area is 303 Å². The molecule has 2 heterocycles. The van der Waals surface area contributed by atoms with Gasteiger partial charge in [-0.1, -0.05) is 88.9 Å². The van der Waals surface area contributed by atoms with Crippen molar-refractivity contribution in [3.63, 3.8) is 0 Å². The van der Waals surface area contributed by atoms with Crippen LogP contribution < -0.4 is 10.6 Å². The van der Waals surface area contributed by atoms with Crippen LogP contribution in [0.4, 0.5) is 5.69 Å². The number of methoxy groups -OCH3 is 1. The van der Waals surface area contributed by atoms with Crippen LogP contribution in [0.2, 0.25) is 20.1 Å². The lowest BCUT2D eigenvalue weighted by Crippen LogP contribution is -2.60. The van der Waals surface area contributed by atoms with E-state index in [9.17, 15) is 22.8 Å². The SMILES string of the molecule is COC(=O)[C@H](Cc1ccc(NC(=O)c2c(Cl)cncc2Cl)cc1)NC(=O)[C@@]1(C)[C@H](c2ccccc2)CCN1S(=O)(=O)c1cc(Cl)cc(Cl)c1. The molecule has 0 unspecified atom stereocenters. The Balaban J connectivity index is 1.42. The predicted octanol–water partition coefficient (Wildman–Crippen LogP) is 6.78. The summed E-state index contributed by atoms with van der Waals surface area (Å²) in [4.78, 5) is 43.9. The van der Waals surface area contributed by atoms with Crippen LogP contribution in [0.5, 0.6) is 0 Å². The summed E-state index contributed by atoms with van der Waals surface area (Å²) in [6.45, 7) is 1.56. The second-order valence-electron chi connectivity index (χ2n) is 11.5. The molecule has 1 aliphatic rings. The van der Waals surface area contributed by atoms with Gasteiger partial charge in [0, 0.05) is 47.0 Å². The van der Waals surface area contributed by atoms with Crippen molar-refractivity contribution in [1.82, 2.24) is 14.6 Å². The lowest BCUT2D eigenvalue weighted by Gasteiger charge is -2.38. The van der Waals surface area contributed by atoms with Gasteiger partial charge in [-0.2, -0.15) is 4.31 Å². The number of hydrogen-bond donors (Lipinski definition) is 2. The van der Waals surface area contributed by atoms with Crippen LogP contribution in [0.15, 0.2) is 90.1 Å². The maximum Gasteiger partial charge on any atom is 0.328 e. The first-order valence-electron chi connectivity index (χ1n) is 14.9. The molecule has 1 saturated heterocycles. The first-order chi connectivity index (χ1) is 23.2. The molecule has 2 N–H and O–H groups in total. The van der Waals surface area contributed by atoms with E-state index < -0.39 is 45.3 Å². The average molecular weight is 765 g/mol. The van der Waals surface area contributed by atoms with E-state index in [0.29, 0.717) is 17.7 Å². The summed E-state index contributed by atoms with van der Waals surface area (Å²) in [7, 11) is -3.11. The number of ether oxygens (including phenoxy) is 1. The lowest BCUT2D eigenvalue weighted by atomic mass is 9.81. The molecule has 0 radical (unpaired) electrons. The molecule has 15 heteroatoms. The van der Waals surface area contributed by atoms with E-state index in [4.69, 9.17) is 51.1 Å². The molecule has 1 aromatic heterocycles. The summed E-state index contributed by atoms with van der Waals surface area (Å²) in [6.07, 6.45) is 2.94. The van der Waals surface area contributed by atoms with Crippen molar-refractivity contribution < 1.29 is 27.5 Å². The quantitative estimate of drug-likeness (QED) is 0.170. The van der Waals surface area contributed by atoms with Crippen molar-refractivity contribution in [1.29, 1.82) is 0 Å². The number of amides is 2. The Morgan fingerprint density at radius 3 is 2.16 bits per heavy atom. The van der Waals surface area contributed by atoms with E-state index in [-0.39, 0.29) is 43.5 Å². The fourth-order valence-electron chi connectivity index (χ4n) is 5.98. The van der Waals surface area contributed by atoms with Gasteiger partial charge < -0.3 is 15.4 Å². The molecule has 5 rings (SSSR count). The molecule has 0 bridgehead atoms. The molecule has 2 amide bonds. The number of benzene rings is 3. The van der Waals surface area contributed by atoms with Gasteiger partial charge in [-0.25, -0.2) is 13.2 Å². The number of nitrogens with zero attached hydrogens (tertiary/aromatic N) is 2. The van der Waals surface area contributed by atoms with Gasteiger partial charge in [-0.3, -0.25) is 14.6 Å². The first kappa shape index (κ1) is 36.6. The Bertz CT molecular complexity index is 1960. The monoisotopic (exact) mass is 762 g/mol. The highest BCUT2D eigenvalue weighted by Crippen LogP contribution is 2.45. The zero-order valence-electron chi connectivity index (χ0n) is 26.1. The van der Waals surface area contributed by atoms with Crippen LogP contribution in [-0.2, 0) is 30.8 Å². The topological polar surface area (TPSA) is 135 Å². The number of halogens is 4. The molecule has 256 valence electrons. The summed E-state index contributed by atoms with van der Waals surface area (Å²) >= 11 is 24.5. The zero-order valence-corrected chi connectivity index (χ0v) is 30.0. The van der Waals surface area contributed by atoms with Crippen LogP contribution in [0, 0.1) is 0 Å². The van der Waals surface area contributed by atoms with Gasteiger partial charge in [0.2, 0.25) is 15.9 Å². The minimum atomic E-state index is -4.31. The highest BCUT2D eigenvalue weighted by Gasteiger charge is 2.56. The molecule has 0 spiro atoms. The Kier molecular flexibility index (Phi) is 11.2.